The van der Waals surface area contributed by atoms with Crippen molar-refractivity contribution in [3.8, 4) is 11.4 Å². The molecule has 2 rings (SSSR count). The number of hydrogen-bond acceptors (Lipinski definition) is 3. The lowest BCUT2D eigenvalue weighted by Gasteiger charge is -2.11. The molecule has 0 atom stereocenters. The van der Waals surface area contributed by atoms with Crippen LogP contribution in [0.15, 0.2) is 24.3 Å². The van der Waals surface area contributed by atoms with Crippen molar-refractivity contribution in [2.45, 2.75) is 19.8 Å². The summed E-state index contributed by atoms with van der Waals surface area (Å²) in [5, 5.41) is 3.80. The van der Waals surface area contributed by atoms with Gasteiger partial charge in [-0.25, -0.2) is 9.97 Å². The van der Waals surface area contributed by atoms with Gasteiger partial charge in [0.05, 0.1) is 14.3 Å². The molecule has 0 amide bonds. The summed E-state index contributed by atoms with van der Waals surface area (Å²) >= 11 is 8.51. The number of halogens is 2. The van der Waals surface area contributed by atoms with Gasteiger partial charge >= 0.3 is 0 Å². The third-order valence-corrected chi connectivity index (χ3v) is 4.22. The van der Waals surface area contributed by atoms with E-state index in [0.29, 0.717) is 10.8 Å². The van der Waals surface area contributed by atoms with Crippen LogP contribution in [-0.2, 0) is 6.42 Å². The molecule has 0 radical (unpaired) electrons. The van der Waals surface area contributed by atoms with Crippen molar-refractivity contribution < 1.29 is 0 Å². The fourth-order valence-electron chi connectivity index (χ4n) is 1.82. The summed E-state index contributed by atoms with van der Waals surface area (Å²) in [6, 6.07) is 7.65. The van der Waals surface area contributed by atoms with Crippen molar-refractivity contribution in [2.75, 3.05) is 12.4 Å². The highest BCUT2D eigenvalue weighted by atomic mass is 127. The first-order valence-electron chi connectivity index (χ1n) is 6.16. The lowest BCUT2D eigenvalue weighted by Crippen LogP contribution is -2.05. The lowest BCUT2D eigenvalue weighted by molar-refractivity contribution is 0.868. The van der Waals surface area contributed by atoms with Gasteiger partial charge in [0.1, 0.15) is 5.82 Å². The maximum absolute atomic E-state index is 6.22. The van der Waals surface area contributed by atoms with E-state index in [1.54, 1.807) is 0 Å². The minimum Gasteiger partial charge on any atom is -0.372 e. The molecule has 3 nitrogen and oxygen atoms in total. The van der Waals surface area contributed by atoms with Gasteiger partial charge in [0, 0.05) is 12.6 Å². The molecule has 0 aliphatic rings. The van der Waals surface area contributed by atoms with Crippen molar-refractivity contribution in [2.24, 2.45) is 0 Å². The van der Waals surface area contributed by atoms with Crippen LogP contribution in [0.25, 0.3) is 11.4 Å². The topological polar surface area (TPSA) is 37.8 Å². The fraction of sp³-hybridized carbons (Fsp3) is 0.286. The first-order valence-corrected chi connectivity index (χ1v) is 7.62. The van der Waals surface area contributed by atoms with Crippen molar-refractivity contribution >= 4 is 40.0 Å². The molecule has 0 fully saturated rings. The Hall–Kier alpha value is -0.880. The second-order valence-corrected chi connectivity index (χ2v) is 5.62. The Labute approximate surface area is 132 Å². The van der Waals surface area contributed by atoms with Gasteiger partial charge in [0.15, 0.2) is 5.82 Å². The quantitative estimate of drug-likeness (QED) is 0.790. The second-order valence-electron chi connectivity index (χ2n) is 4.14. The molecule has 0 aliphatic heterocycles. The van der Waals surface area contributed by atoms with Gasteiger partial charge in [0.25, 0.3) is 0 Å². The molecule has 0 aliphatic carbocycles. The first kappa shape index (κ1) is 14.5. The van der Waals surface area contributed by atoms with Gasteiger partial charge < -0.3 is 5.32 Å². The standard InChI is InChI=1S/C14H15ClIN3/c1-3-6-11-12(16)14(17-2)19-13(18-11)9-7-4-5-8-10(9)15/h4-5,7-8H,3,6H2,1-2H3,(H,17,18,19). The number of nitrogens with one attached hydrogen (secondary N) is 1. The molecule has 1 aromatic carbocycles. The molecule has 0 saturated carbocycles. The van der Waals surface area contributed by atoms with E-state index in [4.69, 9.17) is 11.6 Å². The molecule has 0 saturated heterocycles. The van der Waals surface area contributed by atoms with Gasteiger partial charge in [-0.15, -0.1) is 0 Å². The fourth-order valence-corrected chi connectivity index (χ4v) is 2.83. The van der Waals surface area contributed by atoms with Crippen molar-refractivity contribution in [3.05, 3.63) is 38.6 Å². The Morgan fingerprint density at radius 1 is 1.26 bits per heavy atom. The normalized spacial score (nSPS) is 10.5. The minimum atomic E-state index is 0.674. The summed E-state index contributed by atoms with van der Waals surface area (Å²) < 4.78 is 1.08. The SMILES string of the molecule is CCCc1nc(-c2ccccc2Cl)nc(NC)c1I. The molecule has 0 bridgehead atoms. The summed E-state index contributed by atoms with van der Waals surface area (Å²) in [6.07, 6.45) is 1.99. The van der Waals surface area contributed by atoms with E-state index in [1.165, 1.54) is 0 Å². The van der Waals surface area contributed by atoms with Gasteiger partial charge in [0.2, 0.25) is 0 Å². The number of rotatable bonds is 4. The van der Waals surface area contributed by atoms with Crippen LogP contribution >= 0.6 is 34.2 Å². The highest BCUT2D eigenvalue weighted by Crippen LogP contribution is 2.28. The molecule has 1 aromatic heterocycles. The minimum absolute atomic E-state index is 0.674. The zero-order chi connectivity index (χ0) is 13.8. The van der Waals surface area contributed by atoms with Crippen LogP contribution in [0, 0.1) is 3.57 Å². The maximum atomic E-state index is 6.22. The van der Waals surface area contributed by atoms with E-state index in [9.17, 15) is 0 Å². The van der Waals surface area contributed by atoms with Gasteiger partial charge in [-0.1, -0.05) is 37.1 Å². The van der Waals surface area contributed by atoms with Crippen LogP contribution in [0.4, 0.5) is 5.82 Å². The van der Waals surface area contributed by atoms with E-state index in [1.807, 2.05) is 31.3 Å². The van der Waals surface area contributed by atoms with E-state index in [0.717, 1.165) is 33.5 Å². The first-order chi connectivity index (χ1) is 9.17. The lowest BCUT2D eigenvalue weighted by atomic mass is 10.2. The van der Waals surface area contributed by atoms with E-state index >= 15 is 0 Å². The van der Waals surface area contributed by atoms with E-state index in [2.05, 4.69) is 44.8 Å². The molecule has 100 valence electrons. The molecule has 0 unspecified atom stereocenters. The highest BCUT2D eigenvalue weighted by molar-refractivity contribution is 14.1. The molecule has 1 N–H and O–H groups in total. The number of aromatic nitrogens is 2. The predicted molar refractivity (Wildman–Crippen MR) is 88.7 cm³/mol. The van der Waals surface area contributed by atoms with E-state index in [-0.39, 0.29) is 0 Å². The third-order valence-electron chi connectivity index (χ3n) is 2.76. The molecular weight excluding hydrogens is 373 g/mol. The largest absolute Gasteiger partial charge is 0.372 e. The average Bonchev–Trinajstić information content (AvgIpc) is 2.42. The Balaban J connectivity index is 2.58. The second kappa shape index (κ2) is 6.52. The van der Waals surface area contributed by atoms with Crippen LogP contribution in [0.1, 0.15) is 19.0 Å². The van der Waals surface area contributed by atoms with Crippen LogP contribution < -0.4 is 5.32 Å². The number of aryl methyl sites for hydroxylation is 1. The van der Waals surface area contributed by atoms with Crippen LogP contribution in [0.3, 0.4) is 0 Å². The Bertz CT molecular complexity index is 587. The smallest absolute Gasteiger partial charge is 0.163 e. The molecule has 2 aromatic rings. The summed E-state index contributed by atoms with van der Waals surface area (Å²) in [7, 11) is 1.87. The Kier molecular flexibility index (Phi) is 4.99. The van der Waals surface area contributed by atoms with Gasteiger partial charge in [-0.2, -0.15) is 0 Å². The van der Waals surface area contributed by atoms with Crippen molar-refractivity contribution in [1.29, 1.82) is 0 Å². The summed E-state index contributed by atoms with van der Waals surface area (Å²) in [5.41, 5.74) is 1.94. The van der Waals surface area contributed by atoms with Crippen LogP contribution in [0.2, 0.25) is 5.02 Å². The van der Waals surface area contributed by atoms with Crippen LogP contribution in [0.5, 0.6) is 0 Å². The molecular formula is C14H15ClIN3. The predicted octanol–water partition coefficient (Wildman–Crippen LogP) is 4.40. The molecule has 1 heterocycles. The molecule has 0 spiro atoms. The van der Waals surface area contributed by atoms with Crippen molar-refractivity contribution in [3.63, 3.8) is 0 Å². The number of benzene rings is 1. The number of hydrogen-bond donors (Lipinski definition) is 1. The third kappa shape index (κ3) is 3.17. The zero-order valence-electron chi connectivity index (χ0n) is 10.9. The van der Waals surface area contributed by atoms with Crippen molar-refractivity contribution in [1.82, 2.24) is 9.97 Å². The summed E-state index contributed by atoms with van der Waals surface area (Å²) in [6.45, 7) is 2.15. The van der Waals surface area contributed by atoms with E-state index < -0.39 is 0 Å². The Morgan fingerprint density at radius 2 is 2.00 bits per heavy atom. The maximum Gasteiger partial charge on any atom is 0.163 e. The van der Waals surface area contributed by atoms with Gasteiger partial charge in [-0.05, 0) is 41.1 Å². The average molecular weight is 388 g/mol. The Morgan fingerprint density at radius 3 is 2.63 bits per heavy atom. The molecule has 19 heavy (non-hydrogen) atoms. The van der Waals surface area contributed by atoms with Gasteiger partial charge in [-0.3, -0.25) is 0 Å². The monoisotopic (exact) mass is 387 g/mol. The molecule has 5 heteroatoms. The van der Waals surface area contributed by atoms with Crippen LogP contribution in [-0.4, -0.2) is 17.0 Å². The summed E-state index contributed by atoms with van der Waals surface area (Å²) in [5.74, 6) is 1.53. The zero-order valence-corrected chi connectivity index (χ0v) is 13.8. The summed E-state index contributed by atoms with van der Waals surface area (Å²) in [4.78, 5) is 9.21. The number of anilines is 1. The number of nitrogens with zero attached hydrogens (tertiary/aromatic N) is 2. The highest BCUT2D eigenvalue weighted by Gasteiger charge is 2.13.